The summed E-state index contributed by atoms with van der Waals surface area (Å²) in [7, 11) is 1.86. The number of urea groups is 1. The lowest BCUT2D eigenvalue weighted by Gasteiger charge is -2.37. The van der Waals surface area contributed by atoms with Crippen LogP contribution in [0, 0.1) is 6.92 Å². The van der Waals surface area contributed by atoms with Gasteiger partial charge in [0.05, 0.1) is 17.6 Å². The SMILES string of the molecule is Cc1nn(C)c2ncc(NC(=O)NCC3(c4ccccc4)CCOCC3)cc12. The van der Waals surface area contributed by atoms with Crippen LogP contribution < -0.4 is 10.6 Å². The molecule has 0 saturated carbocycles. The molecule has 1 aliphatic heterocycles. The lowest BCUT2D eigenvalue weighted by molar-refractivity contribution is 0.0508. The average molecular weight is 379 g/mol. The van der Waals surface area contributed by atoms with Gasteiger partial charge in [-0.25, -0.2) is 9.78 Å². The molecular formula is C21H25N5O2. The first-order valence-corrected chi connectivity index (χ1v) is 9.55. The Kier molecular flexibility index (Phi) is 5.00. The number of pyridine rings is 1. The number of aryl methyl sites for hydroxylation is 2. The fourth-order valence-corrected chi connectivity index (χ4v) is 3.92. The Hall–Kier alpha value is -2.93. The van der Waals surface area contributed by atoms with E-state index in [0.717, 1.165) is 29.6 Å². The molecule has 2 N–H and O–H groups in total. The van der Waals surface area contributed by atoms with Crippen molar-refractivity contribution in [3.8, 4) is 0 Å². The fraction of sp³-hybridized carbons (Fsp3) is 0.381. The second-order valence-electron chi connectivity index (χ2n) is 7.37. The summed E-state index contributed by atoms with van der Waals surface area (Å²) in [5.74, 6) is 0. The quantitative estimate of drug-likeness (QED) is 0.730. The first-order valence-electron chi connectivity index (χ1n) is 9.55. The zero-order valence-electron chi connectivity index (χ0n) is 16.2. The third-order valence-electron chi connectivity index (χ3n) is 5.54. The molecule has 0 aliphatic carbocycles. The molecule has 0 spiro atoms. The number of ether oxygens (including phenoxy) is 1. The molecule has 0 radical (unpaired) electrons. The van der Waals surface area contributed by atoms with E-state index < -0.39 is 0 Å². The molecule has 1 saturated heterocycles. The van der Waals surface area contributed by atoms with Crippen LogP contribution in [0.2, 0.25) is 0 Å². The maximum Gasteiger partial charge on any atom is 0.319 e. The Labute approximate surface area is 164 Å². The summed E-state index contributed by atoms with van der Waals surface area (Å²) in [6.07, 6.45) is 3.43. The molecule has 4 rings (SSSR count). The fourth-order valence-electron chi connectivity index (χ4n) is 3.92. The van der Waals surface area contributed by atoms with Gasteiger partial charge in [-0.3, -0.25) is 4.68 Å². The van der Waals surface area contributed by atoms with E-state index in [2.05, 4.69) is 32.8 Å². The Morgan fingerprint density at radius 2 is 2.00 bits per heavy atom. The van der Waals surface area contributed by atoms with E-state index >= 15 is 0 Å². The molecule has 0 unspecified atom stereocenters. The maximum atomic E-state index is 12.6. The lowest BCUT2D eigenvalue weighted by Crippen LogP contribution is -2.45. The highest BCUT2D eigenvalue weighted by Crippen LogP contribution is 2.34. The standard InChI is InChI=1S/C21H25N5O2/c1-15-18-12-17(13-22-19(18)26(2)25-15)24-20(27)23-14-21(8-10-28-11-9-21)16-6-4-3-5-7-16/h3-7,12-13H,8-11,14H2,1-2H3,(H2,23,24,27). The molecule has 3 aromatic rings. The zero-order chi connectivity index (χ0) is 19.6. The number of anilines is 1. The molecule has 7 nitrogen and oxygen atoms in total. The summed E-state index contributed by atoms with van der Waals surface area (Å²) >= 11 is 0. The van der Waals surface area contributed by atoms with Gasteiger partial charge in [0, 0.05) is 37.6 Å². The number of carbonyl (C=O) groups excluding carboxylic acids is 1. The van der Waals surface area contributed by atoms with E-state index in [1.165, 1.54) is 5.56 Å². The molecule has 1 aromatic carbocycles. The number of benzene rings is 1. The second-order valence-corrected chi connectivity index (χ2v) is 7.37. The zero-order valence-corrected chi connectivity index (χ0v) is 16.2. The molecular weight excluding hydrogens is 354 g/mol. The Bertz CT molecular complexity index is 977. The first-order chi connectivity index (χ1) is 13.6. The van der Waals surface area contributed by atoms with Gasteiger partial charge in [0.25, 0.3) is 0 Å². The molecule has 1 fully saturated rings. The number of carbonyl (C=O) groups is 1. The maximum absolute atomic E-state index is 12.6. The number of nitrogens with zero attached hydrogens (tertiary/aromatic N) is 3. The van der Waals surface area contributed by atoms with Crippen molar-refractivity contribution >= 4 is 22.8 Å². The van der Waals surface area contributed by atoms with Gasteiger partial charge in [-0.1, -0.05) is 30.3 Å². The van der Waals surface area contributed by atoms with Gasteiger partial charge >= 0.3 is 6.03 Å². The summed E-state index contributed by atoms with van der Waals surface area (Å²) in [6, 6.07) is 12.0. The van der Waals surface area contributed by atoms with Crippen molar-refractivity contribution < 1.29 is 9.53 Å². The van der Waals surface area contributed by atoms with Crippen molar-refractivity contribution in [1.82, 2.24) is 20.1 Å². The van der Waals surface area contributed by atoms with Crippen LogP contribution in [0.15, 0.2) is 42.6 Å². The number of aromatic nitrogens is 3. The monoisotopic (exact) mass is 379 g/mol. The molecule has 7 heteroatoms. The van der Waals surface area contributed by atoms with E-state index in [9.17, 15) is 4.79 Å². The van der Waals surface area contributed by atoms with Crippen LogP contribution in [0.4, 0.5) is 10.5 Å². The normalized spacial score (nSPS) is 16.1. The summed E-state index contributed by atoms with van der Waals surface area (Å²) in [5.41, 5.74) is 3.49. The van der Waals surface area contributed by atoms with E-state index in [1.54, 1.807) is 10.9 Å². The van der Waals surface area contributed by atoms with Crippen LogP contribution in [0.25, 0.3) is 11.0 Å². The molecule has 1 aliphatic rings. The molecule has 0 bridgehead atoms. The highest BCUT2D eigenvalue weighted by atomic mass is 16.5. The summed E-state index contributed by atoms with van der Waals surface area (Å²) in [6.45, 7) is 3.91. The minimum atomic E-state index is -0.232. The molecule has 146 valence electrons. The van der Waals surface area contributed by atoms with Gasteiger partial charge in [0.2, 0.25) is 0 Å². The Morgan fingerprint density at radius 3 is 2.75 bits per heavy atom. The van der Waals surface area contributed by atoms with Crippen molar-refractivity contribution in [2.75, 3.05) is 25.1 Å². The van der Waals surface area contributed by atoms with Gasteiger partial charge in [-0.15, -0.1) is 0 Å². The molecule has 2 amide bonds. The van der Waals surface area contributed by atoms with Gasteiger partial charge in [-0.05, 0) is 31.4 Å². The van der Waals surface area contributed by atoms with Gasteiger partial charge in [0.15, 0.2) is 5.65 Å². The predicted molar refractivity (Wildman–Crippen MR) is 108 cm³/mol. The van der Waals surface area contributed by atoms with Crippen molar-refractivity contribution in [2.24, 2.45) is 7.05 Å². The number of amides is 2. The number of hydrogen-bond acceptors (Lipinski definition) is 4. The highest BCUT2D eigenvalue weighted by Gasteiger charge is 2.34. The third-order valence-corrected chi connectivity index (χ3v) is 5.54. The largest absolute Gasteiger partial charge is 0.381 e. The van der Waals surface area contributed by atoms with Crippen LogP contribution >= 0.6 is 0 Å². The molecule has 0 atom stereocenters. The van der Waals surface area contributed by atoms with Crippen LogP contribution in [0.1, 0.15) is 24.1 Å². The van der Waals surface area contributed by atoms with Gasteiger partial charge in [-0.2, -0.15) is 5.10 Å². The van der Waals surface area contributed by atoms with Crippen LogP contribution in [0.3, 0.4) is 0 Å². The van der Waals surface area contributed by atoms with Crippen molar-refractivity contribution in [3.63, 3.8) is 0 Å². The number of fused-ring (bicyclic) bond motifs is 1. The van der Waals surface area contributed by atoms with E-state index in [-0.39, 0.29) is 11.4 Å². The van der Waals surface area contributed by atoms with Crippen LogP contribution in [-0.4, -0.2) is 40.6 Å². The molecule has 2 aromatic heterocycles. The summed E-state index contributed by atoms with van der Waals surface area (Å²) in [4.78, 5) is 17.0. The topological polar surface area (TPSA) is 81.1 Å². The second kappa shape index (κ2) is 7.59. The van der Waals surface area contributed by atoms with Gasteiger partial charge in [0.1, 0.15) is 0 Å². The number of nitrogens with one attached hydrogen (secondary N) is 2. The highest BCUT2D eigenvalue weighted by molar-refractivity contribution is 5.92. The third kappa shape index (κ3) is 3.57. The van der Waals surface area contributed by atoms with E-state index in [0.29, 0.717) is 25.4 Å². The first kappa shape index (κ1) is 18.4. The molecule has 28 heavy (non-hydrogen) atoms. The van der Waals surface area contributed by atoms with Crippen molar-refractivity contribution in [3.05, 3.63) is 53.9 Å². The predicted octanol–water partition coefficient (Wildman–Crippen LogP) is 3.15. The minimum absolute atomic E-state index is 0.0982. The average Bonchev–Trinajstić information content (AvgIpc) is 3.01. The van der Waals surface area contributed by atoms with Crippen LogP contribution in [0.5, 0.6) is 0 Å². The summed E-state index contributed by atoms with van der Waals surface area (Å²) < 4.78 is 7.30. The Balaban J connectivity index is 1.46. The van der Waals surface area contributed by atoms with Crippen molar-refractivity contribution in [1.29, 1.82) is 0 Å². The number of hydrogen-bond donors (Lipinski definition) is 2. The van der Waals surface area contributed by atoms with E-state index in [4.69, 9.17) is 4.74 Å². The van der Waals surface area contributed by atoms with Gasteiger partial charge < -0.3 is 15.4 Å². The minimum Gasteiger partial charge on any atom is -0.381 e. The summed E-state index contributed by atoms with van der Waals surface area (Å²) in [5, 5.41) is 11.3. The number of rotatable bonds is 4. The van der Waals surface area contributed by atoms with Crippen LogP contribution in [-0.2, 0) is 17.2 Å². The van der Waals surface area contributed by atoms with E-state index in [1.807, 2.05) is 38.2 Å². The van der Waals surface area contributed by atoms with Crippen molar-refractivity contribution in [2.45, 2.75) is 25.2 Å². The molecule has 3 heterocycles. The Morgan fingerprint density at radius 1 is 1.25 bits per heavy atom. The lowest BCUT2D eigenvalue weighted by atomic mass is 9.74. The smallest absolute Gasteiger partial charge is 0.319 e.